The highest BCUT2D eigenvalue weighted by atomic mass is 35.5. The second kappa shape index (κ2) is 8.73. The highest BCUT2D eigenvalue weighted by molar-refractivity contribution is 8.00. The van der Waals surface area contributed by atoms with Crippen LogP contribution in [0.15, 0.2) is 65.6 Å². The standard InChI is InChI=1S/C19H14ClN3O4S/c20-15-8-2-4-12-5-3-9-16(18(12)15)28-11-17(24)21-22-19(25)13-6-1-7-14(10-13)23(26)27/h1-10H,11H2,(H,21,24)(H,22,25). The summed E-state index contributed by atoms with van der Waals surface area (Å²) in [6.45, 7) is 0. The normalized spacial score (nSPS) is 10.5. The minimum absolute atomic E-state index is 0.0551. The number of hydrogen-bond donors (Lipinski definition) is 2. The van der Waals surface area contributed by atoms with Crippen LogP contribution in [0, 0.1) is 10.1 Å². The van der Waals surface area contributed by atoms with Crippen molar-refractivity contribution in [2.45, 2.75) is 4.90 Å². The molecule has 0 heterocycles. The number of amides is 2. The maximum atomic E-state index is 12.1. The third-order valence-corrected chi connectivity index (χ3v) is 5.18. The van der Waals surface area contributed by atoms with Gasteiger partial charge in [0.15, 0.2) is 0 Å². The third-order valence-electron chi connectivity index (χ3n) is 3.81. The van der Waals surface area contributed by atoms with Crippen molar-refractivity contribution in [1.82, 2.24) is 10.9 Å². The van der Waals surface area contributed by atoms with Gasteiger partial charge in [0, 0.05) is 33.0 Å². The molecule has 0 fully saturated rings. The van der Waals surface area contributed by atoms with Crippen LogP contribution in [-0.4, -0.2) is 22.5 Å². The molecule has 3 aromatic rings. The number of nitro groups is 1. The Morgan fingerprint density at radius 1 is 1.04 bits per heavy atom. The number of thioether (sulfide) groups is 1. The lowest BCUT2D eigenvalue weighted by molar-refractivity contribution is -0.384. The second-order valence-corrected chi connectivity index (χ2v) is 7.12. The van der Waals surface area contributed by atoms with Crippen molar-refractivity contribution in [3.63, 3.8) is 0 Å². The average Bonchev–Trinajstić information content (AvgIpc) is 2.70. The van der Waals surface area contributed by atoms with Gasteiger partial charge in [0.2, 0.25) is 5.91 Å². The van der Waals surface area contributed by atoms with Crippen LogP contribution in [-0.2, 0) is 4.79 Å². The molecule has 0 saturated carbocycles. The van der Waals surface area contributed by atoms with Crippen molar-refractivity contribution < 1.29 is 14.5 Å². The van der Waals surface area contributed by atoms with Gasteiger partial charge in [-0.25, -0.2) is 0 Å². The van der Waals surface area contributed by atoms with Gasteiger partial charge in [-0.3, -0.25) is 30.6 Å². The van der Waals surface area contributed by atoms with E-state index in [2.05, 4.69) is 10.9 Å². The number of rotatable bonds is 5. The van der Waals surface area contributed by atoms with Gasteiger partial charge < -0.3 is 0 Å². The van der Waals surface area contributed by atoms with Crippen LogP contribution in [0.2, 0.25) is 5.02 Å². The smallest absolute Gasteiger partial charge is 0.270 e. The topological polar surface area (TPSA) is 101 Å². The Hall–Kier alpha value is -3.10. The molecule has 0 aromatic heterocycles. The van der Waals surface area contributed by atoms with Crippen LogP contribution >= 0.6 is 23.4 Å². The van der Waals surface area contributed by atoms with E-state index < -0.39 is 16.7 Å². The molecular formula is C19H14ClN3O4S. The predicted molar refractivity (Wildman–Crippen MR) is 108 cm³/mol. The number of benzene rings is 3. The summed E-state index contributed by atoms with van der Waals surface area (Å²) in [6.07, 6.45) is 0. The Kier molecular flexibility index (Phi) is 6.13. The number of hydrazine groups is 1. The Morgan fingerprint density at radius 3 is 2.50 bits per heavy atom. The summed E-state index contributed by atoms with van der Waals surface area (Å²) in [5.41, 5.74) is 4.42. The molecule has 0 unspecified atom stereocenters. The molecule has 0 aliphatic heterocycles. The quantitative estimate of drug-likeness (QED) is 0.373. The molecule has 2 N–H and O–H groups in total. The molecule has 0 aliphatic rings. The van der Waals surface area contributed by atoms with E-state index in [0.29, 0.717) is 5.02 Å². The minimum atomic E-state index is -0.643. The van der Waals surface area contributed by atoms with Crippen molar-refractivity contribution in [3.8, 4) is 0 Å². The number of halogens is 1. The van der Waals surface area contributed by atoms with Gasteiger partial charge in [-0.15, -0.1) is 11.8 Å². The molecule has 0 spiro atoms. The van der Waals surface area contributed by atoms with Gasteiger partial charge in [-0.05, 0) is 23.6 Å². The number of fused-ring (bicyclic) bond motifs is 1. The Labute approximate surface area is 169 Å². The molecule has 9 heteroatoms. The van der Waals surface area contributed by atoms with E-state index in [9.17, 15) is 19.7 Å². The van der Waals surface area contributed by atoms with Crippen LogP contribution in [0.3, 0.4) is 0 Å². The van der Waals surface area contributed by atoms with E-state index >= 15 is 0 Å². The summed E-state index contributed by atoms with van der Waals surface area (Å²) < 4.78 is 0. The van der Waals surface area contributed by atoms with E-state index in [-0.39, 0.29) is 17.0 Å². The molecule has 2 amide bonds. The van der Waals surface area contributed by atoms with Gasteiger partial charge in [0.1, 0.15) is 0 Å². The first-order valence-electron chi connectivity index (χ1n) is 8.09. The van der Waals surface area contributed by atoms with Gasteiger partial charge in [-0.1, -0.05) is 41.9 Å². The molecule has 0 atom stereocenters. The van der Waals surface area contributed by atoms with Crippen molar-refractivity contribution >= 4 is 51.6 Å². The number of nitro benzene ring substituents is 1. The van der Waals surface area contributed by atoms with Crippen molar-refractivity contribution in [3.05, 3.63) is 81.4 Å². The Balaban J connectivity index is 1.59. The monoisotopic (exact) mass is 415 g/mol. The molecule has 0 bridgehead atoms. The highest BCUT2D eigenvalue weighted by Gasteiger charge is 2.13. The largest absolute Gasteiger partial charge is 0.272 e. The van der Waals surface area contributed by atoms with Crippen molar-refractivity contribution in [1.29, 1.82) is 0 Å². The Morgan fingerprint density at radius 2 is 1.75 bits per heavy atom. The number of carbonyl (C=O) groups excluding carboxylic acids is 2. The van der Waals surface area contributed by atoms with Crippen molar-refractivity contribution in [2.75, 3.05) is 5.75 Å². The van der Waals surface area contributed by atoms with E-state index in [1.54, 1.807) is 6.07 Å². The lowest BCUT2D eigenvalue weighted by Crippen LogP contribution is -2.42. The highest BCUT2D eigenvalue weighted by Crippen LogP contribution is 2.33. The number of non-ortho nitro benzene ring substituents is 1. The fraction of sp³-hybridized carbons (Fsp3) is 0.0526. The number of nitrogens with zero attached hydrogens (tertiary/aromatic N) is 1. The number of nitrogens with one attached hydrogen (secondary N) is 2. The van der Waals surface area contributed by atoms with Crippen LogP contribution in [0.1, 0.15) is 10.4 Å². The molecule has 0 saturated heterocycles. The van der Waals surface area contributed by atoms with E-state index in [0.717, 1.165) is 21.7 Å². The molecule has 3 aromatic carbocycles. The van der Waals surface area contributed by atoms with E-state index in [1.165, 1.54) is 30.0 Å². The average molecular weight is 416 g/mol. The molecule has 0 radical (unpaired) electrons. The second-order valence-electron chi connectivity index (χ2n) is 5.69. The summed E-state index contributed by atoms with van der Waals surface area (Å²) in [6, 6.07) is 16.5. The lowest BCUT2D eigenvalue weighted by Gasteiger charge is -2.09. The summed E-state index contributed by atoms with van der Waals surface area (Å²) in [5.74, 6) is -1.01. The molecule has 3 rings (SSSR count). The summed E-state index contributed by atoms with van der Waals surface area (Å²) in [7, 11) is 0. The fourth-order valence-electron chi connectivity index (χ4n) is 2.52. The first kappa shape index (κ1) is 19.7. The molecule has 0 aliphatic carbocycles. The van der Waals surface area contributed by atoms with E-state index in [1.807, 2.05) is 30.3 Å². The zero-order valence-electron chi connectivity index (χ0n) is 14.3. The summed E-state index contributed by atoms with van der Waals surface area (Å²) in [5, 5.41) is 13.2. The molecular weight excluding hydrogens is 402 g/mol. The molecule has 142 valence electrons. The van der Waals surface area contributed by atoms with Gasteiger partial charge in [0.25, 0.3) is 11.6 Å². The SMILES string of the molecule is O=C(CSc1cccc2cccc(Cl)c12)NNC(=O)c1cccc([N+](=O)[O-])c1. The zero-order chi connectivity index (χ0) is 20.1. The third kappa shape index (κ3) is 4.59. The zero-order valence-corrected chi connectivity index (χ0v) is 15.9. The van der Waals surface area contributed by atoms with Crippen molar-refractivity contribution in [2.24, 2.45) is 0 Å². The van der Waals surface area contributed by atoms with Crippen LogP contribution in [0.4, 0.5) is 5.69 Å². The van der Waals surface area contributed by atoms with Gasteiger partial charge >= 0.3 is 0 Å². The minimum Gasteiger partial charge on any atom is -0.272 e. The maximum absolute atomic E-state index is 12.1. The summed E-state index contributed by atoms with van der Waals surface area (Å²) >= 11 is 7.55. The Bertz CT molecular complexity index is 1070. The lowest BCUT2D eigenvalue weighted by atomic mass is 10.1. The number of carbonyl (C=O) groups is 2. The number of hydrogen-bond acceptors (Lipinski definition) is 5. The predicted octanol–water partition coefficient (Wildman–Crippen LogP) is 3.95. The first-order valence-corrected chi connectivity index (χ1v) is 9.46. The molecule has 7 nitrogen and oxygen atoms in total. The maximum Gasteiger partial charge on any atom is 0.270 e. The summed E-state index contributed by atoms with van der Waals surface area (Å²) in [4.78, 5) is 35.1. The van der Waals surface area contributed by atoms with E-state index in [4.69, 9.17) is 11.6 Å². The van der Waals surface area contributed by atoms with Gasteiger partial charge in [-0.2, -0.15) is 0 Å². The van der Waals surface area contributed by atoms with Crippen LogP contribution in [0.5, 0.6) is 0 Å². The molecule has 28 heavy (non-hydrogen) atoms. The fourth-order valence-corrected chi connectivity index (χ4v) is 3.77. The van der Waals surface area contributed by atoms with Crippen LogP contribution < -0.4 is 10.9 Å². The first-order chi connectivity index (χ1) is 13.5. The van der Waals surface area contributed by atoms with Crippen LogP contribution in [0.25, 0.3) is 10.8 Å². The van der Waals surface area contributed by atoms with Gasteiger partial charge in [0.05, 0.1) is 10.7 Å².